The van der Waals surface area contributed by atoms with Gasteiger partial charge in [-0.1, -0.05) is 138 Å². The molecule has 1 aliphatic heterocycles. The van der Waals surface area contributed by atoms with E-state index in [0.29, 0.717) is 34.5 Å². The molecule has 326 valence electrons. The van der Waals surface area contributed by atoms with Gasteiger partial charge in [0.15, 0.2) is 11.6 Å². The van der Waals surface area contributed by atoms with Crippen LogP contribution in [0.25, 0.3) is 61.8 Å². The third-order valence-corrected chi connectivity index (χ3v) is 11.7. The van der Waals surface area contributed by atoms with Crippen LogP contribution in [0.2, 0.25) is 0 Å². The van der Waals surface area contributed by atoms with E-state index in [1.807, 2.05) is 72.6 Å². The molecule has 0 radical (unpaired) electrons. The summed E-state index contributed by atoms with van der Waals surface area (Å²) in [7, 11) is 0. The standard InChI is InChI=1S/C56H48N7O.Pt/c1-37-18-28-42(29-19-37)61-31-32-62(36-61)43-13-12-14-44(33-43)64-50-35-49-46(45-15-8-9-16-48(45)63(49)51-17-10-11-30-57-51)34-47(50)54-59-52(38-20-24-40(25-21-38)55(2,3)4)58-53(60-54)39-22-26-41(27-23-39)56(5,6)7;/h8-32,34,36H,1-7H3;/q-3;. The van der Waals surface area contributed by atoms with Gasteiger partial charge >= 0.3 is 0 Å². The average Bonchev–Trinajstić information content (AvgIpc) is 3.92. The molecule has 0 saturated carbocycles. The Morgan fingerprint density at radius 3 is 1.83 bits per heavy atom. The molecule has 0 amide bonds. The largest absolute Gasteiger partial charge is 0.508 e. The molecule has 3 aromatic heterocycles. The van der Waals surface area contributed by atoms with Gasteiger partial charge in [-0.2, -0.15) is 6.07 Å². The van der Waals surface area contributed by atoms with E-state index in [9.17, 15) is 0 Å². The third kappa shape index (κ3) is 8.71. The molecule has 0 spiro atoms. The molecule has 4 heterocycles. The normalized spacial score (nSPS) is 12.8. The van der Waals surface area contributed by atoms with Gasteiger partial charge in [0, 0.05) is 61.1 Å². The molecule has 0 N–H and O–H groups in total. The molecule has 9 heteroatoms. The number of rotatable bonds is 8. The van der Waals surface area contributed by atoms with Crippen molar-refractivity contribution in [2.75, 3.05) is 9.80 Å². The first-order valence-electron chi connectivity index (χ1n) is 21.6. The molecule has 0 bridgehead atoms. The summed E-state index contributed by atoms with van der Waals surface area (Å²) >= 11 is 0. The molecule has 1 aliphatic rings. The Kier molecular flexibility index (Phi) is 11.5. The molecular formula is C56H48N7OPt-3. The summed E-state index contributed by atoms with van der Waals surface area (Å²) in [5, 5.41) is 2.00. The van der Waals surface area contributed by atoms with Gasteiger partial charge in [-0.15, -0.1) is 48.1 Å². The van der Waals surface area contributed by atoms with E-state index in [1.54, 1.807) is 0 Å². The fourth-order valence-electron chi connectivity index (χ4n) is 8.01. The summed E-state index contributed by atoms with van der Waals surface area (Å²) in [5.74, 6) is 3.31. The van der Waals surface area contributed by atoms with Gasteiger partial charge in [0.1, 0.15) is 11.6 Å². The molecule has 0 saturated heterocycles. The fraction of sp³-hybridized carbons (Fsp3) is 0.161. The first-order valence-corrected chi connectivity index (χ1v) is 21.6. The van der Waals surface area contributed by atoms with E-state index < -0.39 is 0 Å². The zero-order chi connectivity index (χ0) is 44.2. The van der Waals surface area contributed by atoms with Gasteiger partial charge in [-0.3, -0.25) is 0 Å². The summed E-state index contributed by atoms with van der Waals surface area (Å²) in [5.41, 5.74) is 9.78. The second kappa shape index (κ2) is 17.2. The van der Waals surface area contributed by atoms with E-state index in [4.69, 9.17) is 24.7 Å². The van der Waals surface area contributed by atoms with E-state index in [0.717, 1.165) is 50.1 Å². The maximum atomic E-state index is 6.96. The van der Waals surface area contributed by atoms with Crippen molar-refractivity contribution < 1.29 is 25.8 Å². The molecule has 0 aliphatic carbocycles. The Hall–Kier alpha value is -6.89. The minimum Gasteiger partial charge on any atom is -0.508 e. The molecule has 10 rings (SSSR count). The van der Waals surface area contributed by atoms with Crippen LogP contribution in [0.4, 0.5) is 11.4 Å². The summed E-state index contributed by atoms with van der Waals surface area (Å²) in [6, 6.07) is 55.0. The Labute approximate surface area is 395 Å². The summed E-state index contributed by atoms with van der Waals surface area (Å²) < 4.78 is 9.09. The van der Waals surface area contributed by atoms with Crippen LogP contribution >= 0.6 is 0 Å². The van der Waals surface area contributed by atoms with E-state index >= 15 is 0 Å². The van der Waals surface area contributed by atoms with Crippen molar-refractivity contribution in [2.24, 2.45) is 0 Å². The average molecular weight is 1030 g/mol. The monoisotopic (exact) mass is 1030 g/mol. The molecule has 0 fully saturated rings. The number of ether oxygens (including phenoxy) is 1. The number of para-hydroxylation sites is 1. The Morgan fingerprint density at radius 1 is 0.585 bits per heavy atom. The minimum atomic E-state index is -0.00736. The van der Waals surface area contributed by atoms with E-state index in [1.165, 1.54) is 16.7 Å². The number of aryl methyl sites for hydroxylation is 1. The van der Waals surface area contributed by atoms with Crippen LogP contribution in [0.5, 0.6) is 11.5 Å². The Morgan fingerprint density at radius 2 is 1.20 bits per heavy atom. The van der Waals surface area contributed by atoms with Crippen LogP contribution in [0, 0.1) is 25.7 Å². The number of fused-ring (bicyclic) bond motifs is 3. The van der Waals surface area contributed by atoms with Crippen molar-refractivity contribution in [3.8, 4) is 51.5 Å². The van der Waals surface area contributed by atoms with Gasteiger partial charge in [-0.05, 0) is 82.6 Å². The van der Waals surface area contributed by atoms with E-state index in [-0.39, 0.29) is 31.9 Å². The predicted molar refractivity (Wildman–Crippen MR) is 259 cm³/mol. The topological polar surface area (TPSA) is 72.2 Å². The molecule has 0 atom stereocenters. The quantitative estimate of drug-likeness (QED) is 0.140. The molecule has 65 heavy (non-hydrogen) atoms. The summed E-state index contributed by atoms with van der Waals surface area (Å²) in [6.07, 6.45) is 5.85. The van der Waals surface area contributed by atoms with Gasteiger partial charge < -0.3 is 19.1 Å². The molecular weight excluding hydrogens is 982 g/mol. The zero-order valence-electron chi connectivity index (χ0n) is 37.4. The molecule has 9 aromatic rings. The van der Waals surface area contributed by atoms with Crippen LogP contribution in [0.3, 0.4) is 0 Å². The van der Waals surface area contributed by atoms with Crippen LogP contribution in [0.15, 0.2) is 158 Å². The van der Waals surface area contributed by atoms with Crippen LogP contribution in [0.1, 0.15) is 58.2 Å². The van der Waals surface area contributed by atoms with Crippen molar-refractivity contribution in [1.82, 2.24) is 24.5 Å². The first-order chi connectivity index (χ1) is 30.9. The van der Waals surface area contributed by atoms with Crippen molar-refractivity contribution >= 4 is 33.2 Å². The number of nitrogens with zero attached hydrogens (tertiary/aromatic N) is 7. The number of anilines is 2. The Balaban J connectivity index is 0.00000533. The number of hydrogen-bond donors (Lipinski definition) is 0. The second-order valence-electron chi connectivity index (χ2n) is 18.3. The maximum absolute atomic E-state index is 6.96. The summed E-state index contributed by atoms with van der Waals surface area (Å²) in [4.78, 5) is 24.5. The molecule has 6 aromatic carbocycles. The number of benzene rings is 6. The first kappa shape index (κ1) is 43.4. The fourth-order valence-corrected chi connectivity index (χ4v) is 8.01. The molecule has 8 nitrogen and oxygen atoms in total. The van der Waals surface area contributed by atoms with Crippen molar-refractivity contribution in [2.45, 2.75) is 59.3 Å². The van der Waals surface area contributed by atoms with Crippen LogP contribution in [-0.2, 0) is 31.9 Å². The predicted octanol–water partition coefficient (Wildman–Crippen LogP) is 13.6. The van der Waals surface area contributed by atoms with Crippen molar-refractivity contribution in [3.05, 3.63) is 194 Å². The van der Waals surface area contributed by atoms with Crippen molar-refractivity contribution in [3.63, 3.8) is 0 Å². The van der Waals surface area contributed by atoms with Gasteiger partial charge in [0.05, 0.1) is 0 Å². The number of pyridine rings is 1. The van der Waals surface area contributed by atoms with Crippen molar-refractivity contribution in [1.29, 1.82) is 0 Å². The maximum Gasteiger partial charge on any atom is 0.162 e. The van der Waals surface area contributed by atoms with Gasteiger partial charge in [0.25, 0.3) is 0 Å². The number of aromatic nitrogens is 5. The Bertz CT molecular complexity index is 3110. The third-order valence-electron chi connectivity index (χ3n) is 11.7. The second-order valence-corrected chi connectivity index (χ2v) is 18.3. The van der Waals surface area contributed by atoms with Gasteiger partial charge in [-0.25, -0.2) is 19.9 Å². The number of hydrogen-bond acceptors (Lipinski definition) is 7. The zero-order valence-corrected chi connectivity index (χ0v) is 39.7. The SMILES string of the molecule is Cc1ccc(N2C=CN(c3[c-]c(Oc4[c-]c5c(cc4-c4nc(-c6ccc(C(C)(C)C)cc6)nc(-c6ccc(C(C)(C)C)cc6)n4)c4ccccc4n5-c4ccccn4)ccc3)[CH-]2)cc1.[Pt]. The smallest absolute Gasteiger partial charge is 0.162 e. The molecule has 0 unspecified atom stereocenters. The van der Waals surface area contributed by atoms with Crippen LogP contribution in [-0.4, -0.2) is 24.5 Å². The summed E-state index contributed by atoms with van der Waals surface area (Å²) in [6.45, 7) is 17.4. The van der Waals surface area contributed by atoms with Gasteiger partial charge in [0.2, 0.25) is 0 Å². The van der Waals surface area contributed by atoms with E-state index in [2.05, 4.69) is 167 Å². The van der Waals surface area contributed by atoms with Crippen LogP contribution < -0.4 is 14.5 Å². The minimum absolute atomic E-state index is 0.